The van der Waals surface area contributed by atoms with Crippen molar-refractivity contribution in [1.29, 1.82) is 0 Å². The first kappa shape index (κ1) is 11.7. The number of nitrogen functional groups attached to an aromatic ring is 1. The molecule has 2 rings (SSSR count). The molecule has 0 spiro atoms. The van der Waals surface area contributed by atoms with E-state index in [1.165, 1.54) is 4.90 Å². The number of aromatic nitrogens is 2. The fourth-order valence-electron chi connectivity index (χ4n) is 1.52. The highest BCUT2D eigenvalue weighted by molar-refractivity contribution is 6.39. The number of halogens is 3. The monoisotopic (exact) mass is 280 g/mol. The van der Waals surface area contributed by atoms with Gasteiger partial charge in [-0.1, -0.05) is 23.2 Å². The number of alkyl halides is 1. The summed E-state index contributed by atoms with van der Waals surface area (Å²) in [4.78, 5) is 20.5. The lowest BCUT2D eigenvalue weighted by Gasteiger charge is -2.17. The Morgan fingerprint density at radius 3 is 2.31 bits per heavy atom. The lowest BCUT2D eigenvalue weighted by atomic mass is 10.4. The maximum absolute atomic E-state index is 11.6. The van der Waals surface area contributed by atoms with Crippen molar-refractivity contribution in [2.24, 2.45) is 0 Å². The number of carbonyl (C=O) groups excluding carboxylic acids is 1. The molecule has 8 heteroatoms. The summed E-state index contributed by atoms with van der Waals surface area (Å²) in [5, 5.41) is -0.148. The van der Waals surface area contributed by atoms with Crippen molar-refractivity contribution in [2.45, 2.75) is 11.8 Å². The topological polar surface area (TPSA) is 72.1 Å². The van der Waals surface area contributed by atoms with Crippen molar-refractivity contribution in [3.05, 3.63) is 10.3 Å². The molecule has 16 heavy (non-hydrogen) atoms. The molecule has 1 aromatic heterocycles. The molecule has 86 valence electrons. The molecule has 1 aromatic rings. The van der Waals surface area contributed by atoms with E-state index in [-0.39, 0.29) is 39.6 Å². The third kappa shape index (κ3) is 2.03. The second kappa shape index (κ2) is 4.24. The minimum atomic E-state index is -0.253. The van der Waals surface area contributed by atoms with Gasteiger partial charge in [0.05, 0.1) is 5.38 Å². The lowest BCUT2D eigenvalue weighted by Crippen LogP contribution is -2.26. The van der Waals surface area contributed by atoms with Gasteiger partial charge in [0.25, 0.3) is 0 Å². The number of amides is 1. The van der Waals surface area contributed by atoms with Crippen LogP contribution in [0.4, 0.5) is 11.6 Å². The highest BCUT2D eigenvalue weighted by Crippen LogP contribution is 2.35. The van der Waals surface area contributed by atoms with Crippen molar-refractivity contribution >= 4 is 52.3 Å². The van der Waals surface area contributed by atoms with Gasteiger partial charge in [-0.05, 0) is 0 Å². The molecule has 1 saturated heterocycles. The van der Waals surface area contributed by atoms with Crippen LogP contribution in [-0.4, -0.2) is 27.8 Å². The second-order valence-corrected chi connectivity index (χ2v) is 4.65. The van der Waals surface area contributed by atoms with Crippen LogP contribution in [0.15, 0.2) is 0 Å². The normalized spacial score (nSPS) is 20.6. The number of anilines is 2. The van der Waals surface area contributed by atoms with Gasteiger partial charge in [-0.3, -0.25) is 4.79 Å². The molecule has 1 aliphatic heterocycles. The van der Waals surface area contributed by atoms with Gasteiger partial charge in [0, 0.05) is 13.0 Å². The average molecular weight is 282 g/mol. The van der Waals surface area contributed by atoms with E-state index in [0.717, 1.165) is 0 Å². The van der Waals surface area contributed by atoms with Gasteiger partial charge >= 0.3 is 0 Å². The Balaban J connectivity index is 2.44. The first-order valence-electron chi connectivity index (χ1n) is 4.42. The zero-order valence-electron chi connectivity index (χ0n) is 7.95. The maximum Gasteiger partial charge on any atom is 0.228 e. The predicted molar refractivity (Wildman–Crippen MR) is 63.1 cm³/mol. The van der Waals surface area contributed by atoms with Crippen LogP contribution in [0, 0.1) is 0 Å². The summed E-state index contributed by atoms with van der Waals surface area (Å²) in [6, 6.07) is 0. The van der Waals surface area contributed by atoms with Crippen LogP contribution in [0.2, 0.25) is 10.3 Å². The van der Waals surface area contributed by atoms with Crippen LogP contribution in [-0.2, 0) is 4.79 Å². The SMILES string of the molecule is Nc1nc(Cl)c(N2CC(Cl)CC2=O)c(Cl)n1. The van der Waals surface area contributed by atoms with Crippen LogP contribution in [0.5, 0.6) is 0 Å². The summed E-state index contributed by atoms with van der Waals surface area (Å²) >= 11 is 17.6. The van der Waals surface area contributed by atoms with Gasteiger partial charge in [-0.15, -0.1) is 11.6 Å². The fourth-order valence-corrected chi connectivity index (χ4v) is 2.39. The zero-order chi connectivity index (χ0) is 11.9. The standard InChI is InChI=1S/C8H7Cl3N4O/c9-3-1-4(16)15(2-3)5-6(10)13-8(12)14-7(5)11/h3H,1-2H2,(H2,12,13,14). The van der Waals surface area contributed by atoms with Gasteiger partial charge in [-0.25, -0.2) is 0 Å². The Hall–Kier alpha value is -0.780. The van der Waals surface area contributed by atoms with Gasteiger partial charge in [0.1, 0.15) is 5.69 Å². The van der Waals surface area contributed by atoms with Gasteiger partial charge in [-0.2, -0.15) is 9.97 Å². The molecule has 0 radical (unpaired) electrons. The number of nitrogens with zero attached hydrogens (tertiary/aromatic N) is 3. The largest absolute Gasteiger partial charge is 0.368 e. The van der Waals surface area contributed by atoms with E-state index in [1.807, 2.05) is 0 Å². The molecule has 0 saturated carbocycles. The summed E-state index contributed by atoms with van der Waals surface area (Å²) in [5.41, 5.74) is 5.64. The predicted octanol–water partition coefficient (Wildman–Crippen LogP) is 1.71. The fraction of sp³-hybridized carbons (Fsp3) is 0.375. The maximum atomic E-state index is 11.6. The number of hydrogen-bond acceptors (Lipinski definition) is 4. The summed E-state index contributed by atoms with van der Waals surface area (Å²) in [7, 11) is 0. The summed E-state index contributed by atoms with van der Waals surface area (Å²) in [6.45, 7) is 0.340. The van der Waals surface area contributed by atoms with Gasteiger partial charge in [0.15, 0.2) is 10.3 Å². The molecule has 5 nitrogen and oxygen atoms in total. The van der Waals surface area contributed by atoms with Crippen molar-refractivity contribution in [3.8, 4) is 0 Å². The van der Waals surface area contributed by atoms with Crippen LogP contribution < -0.4 is 10.6 Å². The molecule has 2 N–H and O–H groups in total. The van der Waals surface area contributed by atoms with E-state index in [2.05, 4.69) is 9.97 Å². The van der Waals surface area contributed by atoms with Crippen LogP contribution in [0.3, 0.4) is 0 Å². The highest BCUT2D eigenvalue weighted by atomic mass is 35.5. The molecular formula is C8H7Cl3N4O. The molecule has 0 aromatic carbocycles. The minimum absolute atomic E-state index is 0.0344. The molecule has 1 unspecified atom stereocenters. The molecule has 0 aliphatic carbocycles. The Morgan fingerprint density at radius 2 is 1.88 bits per heavy atom. The van der Waals surface area contributed by atoms with Crippen LogP contribution in [0.1, 0.15) is 6.42 Å². The first-order valence-corrected chi connectivity index (χ1v) is 5.61. The Labute approximate surface area is 106 Å². The molecule has 1 atom stereocenters. The molecular weight excluding hydrogens is 274 g/mol. The Bertz CT molecular complexity index is 430. The van der Waals surface area contributed by atoms with Gasteiger partial charge < -0.3 is 10.6 Å². The first-order chi connectivity index (χ1) is 7.49. The number of nitrogens with two attached hydrogens (primary N) is 1. The van der Waals surface area contributed by atoms with Crippen LogP contribution >= 0.6 is 34.8 Å². The molecule has 1 amide bonds. The molecule has 2 heterocycles. The van der Waals surface area contributed by atoms with E-state index in [9.17, 15) is 4.79 Å². The molecule has 1 aliphatic rings. The van der Waals surface area contributed by atoms with Crippen molar-refractivity contribution in [3.63, 3.8) is 0 Å². The van der Waals surface area contributed by atoms with Crippen molar-refractivity contribution in [1.82, 2.24) is 9.97 Å². The highest BCUT2D eigenvalue weighted by Gasteiger charge is 2.32. The van der Waals surface area contributed by atoms with Crippen LogP contribution in [0.25, 0.3) is 0 Å². The quantitative estimate of drug-likeness (QED) is 0.628. The second-order valence-electron chi connectivity index (χ2n) is 3.32. The van der Waals surface area contributed by atoms with E-state index < -0.39 is 0 Å². The lowest BCUT2D eigenvalue weighted by molar-refractivity contribution is -0.117. The Morgan fingerprint density at radius 1 is 1.31 bits per heavy atom. The van der Waals surface area contributed by atoms with Gasteiger partial charge in [0.2, 0.25) is 11.9 Å². The molecule has 0 bridgehead atoms. The minimum Gasteiger partial charge on any atom is -0.368 e. The molecule has 1 fully saturated rings. The summed E-state index contributed by atoms with van der Waals surface area (Å²) in [5.74, 6) is -0.190. The zero-order valence-corrected chi connectivity index (χ0v) is 10.2. The van der Waals surface area contributed by atoms with E-state index in [1.54, 1.807) is 0 Å². The third-order valence-electron chi connectivity index (χ3n) is 2.16. The summed E-state index contributed by atoms with van der Waals surface area (Å²) in [6.07, 6.45) is 0.249. The van der Waals surface area contributed by atoms with Crippen molar-refractivity contribution in [2.75, 3.05) is 17.2 Å². The third-order valence-corrected chi connectivity index (χ3v) is 2.98. The van der Waals surface area contributed by atoms with E-state index in [4.69, 9.17) is 40.5 Å². The van der Waals surface area contributed by atoms with E-state index in [0.29, 0.717) is 6.54 Å². The number of hydrogen-bond donors (Lipinski definition) is 1. The summed E-state index contributed by atoms with van der Waals surface area (Å²) < 4.78 is 0. The Kier molecular flexibility index (Phi) is 3.10. The smallest absolute Gasteiger partial charge is 0.228 e. The van der Waals surface area contributed by atoms with Crippen molar-refractivity contribution < 1.29 is 4.79 Å². The number of carbonyl (C=O) groups is 1. The number of rotatable bonds is 1. The van der Waals surface area contributed by atoms with E-state index >= 15 is 0 Å². The average Bonchev–Trinajstić information content (AvgIpc) is 2.43.